The highest BCUT2D eigenvalue weighted by atomic mass is 19.1. The number of aromatic nitrogens is 2. The molecular formula is C16H15FN2O2. The number of hydrogen-bond acceptors (Lipinski definition) is 3. The minimum Gasteiger partial charge on any atom is -0.464 e. The third-order valence-corrected chi connectivity index (χ3v) is 3.79. The zero-order valence-electron chi connectivity index (χ0n) is 11.6. The number of fused-ring (bicyclic) bond motifs is 1. The molecule has 2 atom stereocenters. The summed E-state index contributed by atoms with van der Waals surface area (Å²) < 4.78 is 20.6. The number of nitrogens with zero attached hydrogens (tertiary/aromatic N) is 2. The second kappa shape index (κ2) is 5.16. The summed E-state index contributed by atoms with van der Waals surface area (Å²) >= 11 is 0. The number of ether oxygens (including phenoxy) is 1. The van der Waals surface area contributed by atoms with Crippen LogP contribution < -0.4 is 0 Å². The Kier molecular flexibility index (Phi) is 3.33. The van der Waals surface area contributed by atoms with Crippen molar-refractivity contribution in [3.8, 4) is 0 Å². The fraction of sp³-hybridized carbons (Fsp3) is 0.250. The van der Waals surface area contributed by atoms with Crippen molar-refractivity contribution in [1.82, 2.24) is 9.55 Å². The molecule has 2 aromatic rings. The van der Waals surface area contributed by atoms with Crippen LogP contribution in [-0.4, -0.2) is 22.6 Å². The van der Waals surface area contributed by atoms with Crippen LogP contribution in [0.1, 0.15) is 40.2 Å². The Morgan fingerprint density at radius 1 is 1.43 bits per heavy atom. The summed E-state index contributed by atoms with van der Waals surface area (Å²) in [5.74, 6) is -0.472. The normalized spacial score (nSPS) is 21.0. The van der Waals surface area contributed by atoms with Crippen LogP contribution in [0.15, 0.2) is 48.9 Å². The molecule has 0 N–H and O–H groups in total. The van der Waals surface area contributed by atoms with Crippen molar-refractivity contribution >= 4 is 5.97 Å². The van der Waals surface area contributed by atoms with Gasteiger partial charge in [-0.15, -0.1) is 0 Å². The van der Waals surface area contributed by atoms with Crippen molar-refractivity contribution in [1.29, 1.82) is 0 Å². The van der Waals surface area contributed by atoms with Crippen LogP contribution in [0, 0.1) is 0 Å². The van der Waals surface area contributed by atoms with Crippen LogP contribution in [0.3, 0.4) is 0 Å². The summed E-state index contributed by atoms with van der Waals surface area (Å²) in [7, 11) is 1.32. The highest BCUT2D eigenvalue weighted by Gasteiger charge is 2.32. The molecule has 0 unspecified atom stereocenters. The first-order valence-corrected chi connectivity index (χ1v) is 6.64. The predicted octanol–water partition coefficient (Wildman–Crippen LogP) is 3.23. The number of imidazole rings is 1. The van der Waals surface area contributed by atoms with Gasteiger partial charge < -0.3 is 9.30 Å². The van der Waals surface area contributed by atoms with Crippen LogP contribution in [0.4, 0.5) is 4.39 Å². The zero-order valence-corrected chi connectivity index (χ0v) is 11.6. The van der Waals surface area contributed by atoms with Crippen molar-refractivity contribution in [2.24, 2.45) is 0 Å². The minimum atomic E-state index is -1.06. The first-order valence-electron chi connectivity index (χ1n) is 6.64. The smallest absolute Gasteiger partial charge is 0.356 e. The average molecular weight is 286 g/mol. The van der Waals surface area contributed by atoms with E-state index in [0.717, 1.165) is 5.56 Å². The van der Waals surface area contributed by atoms with Gasteiger partial charge in [-0.2, -0.15) is 0 Å². The zero-order chi connectivity index (χ0) is 15.0. The van der Waals surface area contributed by atoms with Gasteiger partial charge in [0.05, 0.1) is 25.7 Å². The van der Waals surface area contributed by atoms with E-state index in [1.165, 1.54) is 13.3 Å². The first kappa shape index (κ1) is 13.5. The van der Waals surface area contributed by atoms with Gasteiger partial charge in [0.2, 0.25) is 0 Å². The molecule has 108 valence electrons. The molecule has 1 aromatic carbocycles. The lowest BCUT2D eigenvalue weighted by Crippen LogP contribution is -2.23. The topological polar surface area (TPSA) is 44.1 Å². The lowest BCUT2D eigenvalue weighted by molar-refractivity contribution is 0.0587. The van der Waals surface area contributed by atoms with E-state index in [9.17, 15) is 9.18 Å². The van der Waals surface area contributed by atoms with E-state index >= 15 is 0 Å². The molecule has 5 heteroatoms. The van der Waals surface area contributed by atoms with Gasteiger partial charge in [0, 0.05) is 6.42 Å². The van der Waals surface area contributed by atoms with Crippen molar-refractivity contribution < 1.29 is 13.9 Å². The number of rotatable bonds is 2. The molecule has 0 fully saturated rings. The lowest BCUT2D eigenvalue weighted by atomic mass is 9.83. The fourth-order valence-corrected chi connectivity index (χ4v) is 2.84. The van der Waals surface area contributed by atoms with Gasteiger partial charge in [-0.25, -0.2) is 14.2 Å². The molecule has 1 aliphatic rings. The van der Waals surface area contributed by atoms with Gasteiger partial charge in [0.1, 0.15) is 11.9 Å². The molecule has 1 aliphatic carbocycles. The molecule has 1 heterocycles. The second-order valence-electron chi connectivity index (χ2n) is 5.04. The van der Waals surface area contributed by atoms with Crippen molar-refractivity contribution in [2.75, 3.05) is 7.11 Å². The molecule has 0 radical (unpaired) electrons. The van der Waals surface area contributed by atoms with Gasteiger partial charge in [-0.05, 0) is 16.7 Å². The molecule has 0 bridgehead atoms. The Labute approximate surface area is 121 Å². The minimum absolute atomic E-state index is 0.237. The Morgan fingerprint density at radius 2 is 2.14 bits per heavy atom. The van der Waals surface area contributed by atoms with Gasteiger partial charge in [-0.1, -0.05) is 30.8 Å². The molecule has 0 spiro atoms. The molecule has 0 saturated carbocycles. The van der Waals surface area contributed by atoms with E-state index < -0.39 is 12.1 Å². The van der Waals surface area contributed by atoms with Crippen LogP contribution in [0.5, 0.6) is 0 Å². The highest BCUT2D eigenvalue weighted by Crippen LogP contribution is 2.43. The standard InChI is InChI=1S/C16H15FN2O2/c1-10-7-13(17)11-5-3-4-6-12(11)15(10)19-9-18-8-14(19)16(20)21-2/h3-6,8-9,13,15H,1,7H2,2H3/t13-,15+/m1/s1. The van der Waals surface area contributed by atoms with E-state index in [-0.39, 0.29) is 12.5 Å². The number of halogens is 1. The summed E-state index contributed by atoms with van der Waals surface area (Å²) in [5, 5.41) is 0. The molecule has 0 aliphatic heterocycles. The summed E-state index contributed by atoms with van der Waals surface area (Å²) in [4.78, 5) is 15.9. The summed E-state index contributed by atoms with van der Waals surface area (Å²) in [6.45, 7) is 3.99. The second-order valence-corrected chi connectivity index (χ2v) is 5.04. The highest BCUT2D eigenvalue weighted by molar-refractivity contribution is 5.87. The summed E-state index contributed by atoms with van der Waals surface area (Å²) in [6.07, 6.45) is 2.18. The summed E-state index contributed by atoms with van der Waals surface area (Å²) in [6, 6.07) is 6.99. The van der Waals surface area contributed by atoms with E-state index in [2.05, 4.69) is 11.6 Å². The largest absolute Gasteiger partial charge is 0.464 e. The lowest BCUT2D eigenvalue weighted by Gasteiger charge is -2.31. The van der Waals surface area contributed by atoms with Crippen molar-refractivity contribution in [3.05, 3.63) is 65.8 Å². The third-order valence-electron chi connectivity index (χ3n) is 3.79. The van der Waals surface area contributed by atoms with Crippen LogP contribution in [0.25, 0.3) is 0 Å². The van der Waals surface area contributed by atoms with Crippen molar-refractivity contribution in [2.45, 2.75) is 18.6 Å². The van der Waals surface area contributed by atoms with E-state index in [0.29, 0.717) is 16.8 Å². The number of methoxy groups -OCH3 is 1. The van der Waals surface area contributed by atoms with Crippen LogP contribution >= 0.6 is 0 Å². The quantitative estimate of drug-likeness (QED) is 0.629. The number of hydrogen-bond donors (Lipinski definition) is 0. The molecule has 0 amide bonds. The number of esters is 1. The number of benzene rings is 1. The number of carbonyl (C=O) groups is 1. The Morgan fingerprint density at radius 3 is 2.86 bits per heavy atom. The molecule has 0 saturated heterocycles. The first-order chi connectivity index (χ1) is 10.1. The van der Waals surface area contributed by atoms with E-state index in [1.54, 1.807) is 17.0 Å². The maximum absolute atomic E-state index is 14.2. The average Bonchev–Trinajstić information content (AvgIpc) is 2.96. The maximum Gasteiger partial charge on any atom is 0.356 e. The van der Waals surface area contributed by atoms with Gasteiger partial charge in [0.15, 0.2) is 0 Å². The number of allylic oxidation sites excluding steroid dienone is 1. The predicted molar refractivity (Wildman–Crippen MR) is 75.8 cm³/mol. The molecule has 4 nitrogen and oxygen atoms in total. The molecule has 21 heavy (non-hydrogen) atoms. The maximum atomic E-state index is 14.2. The van der Waals surface area contributed by atoms with Crippen LogP contribution in [-0.2, 0) is 4.74 Å². The third kappa shape index (κ3) is 2.14. The Bertz CT molecular complexity index is 708. The summed E-state index contributed by atoms with van der Waals surface area (Å²) in [5.41, 5.74) is 2.49. The monoisotopic (exact) mass is 286 g/mol. The van der Waals surface area contributed by atoms with Gasteiger partial charge >= 0.3 is 5.97 Å². The number of alkyl halides is 1. The number of carbonyl (C=O) groups excluding carboxylic acids is 1. The van der Waals surface area contributed by atoms with E-state index in [1.807, 2.05) is 18.2 Å². The molecule has 1 aromatic heterocycles. The SMILES string of the molecule is C=C1C[C@@H](F)c2ccccc2[C@H]1n1cncc1C(=O)OC. The van der Waals surface area contributed by atoms with Gasteiger partial charge in [-0.3, -0.25) is 0 Å². The fourth-order valence-electron chi connectivity index (χ4n) is 2.84. The van der Waals surface area contributed by atoms with Crippen LogP contribution in [0.2, 0.25) is 0 Å². The Hall–Kier alpha value is -2.43. The van der Waals surface area contributed by atoms with Gasteiger partial charge in [0.25, 0.3) is 0 Å². The Balaban J connectivity index is 2.14. The van der Waals surface area contributed by atoms with Crippen molar-refractivity contribution in [3.63, 3.8) is 0 Å². The molecular weight excluding hydrogens is 271 g/mol. The van der Waals surface area contributed by atoms with E-state index in [4.69, 9.17) is 4.74 Å². The molecule has 3 rings (SSSR count).